The Hall–Kier alpha value is -2.95. The van der Waals surface area contributed by atoms with Crippen molar-refractivity contribution in [1.82, 2.24) is 9.29 Å². The Balaban J connectivity index is 1.78. The molecule has 0 aliphatic carbocycles. The summed E-state index contributed by atoms with van der Waals surface area (Å²) in [7, 11) is 2.64. The van der Waals surface area contributed by atoms with Gasteiger partial charge >= 0.3 is 0 Å². The number of rotatable bonds is 8. The zero-order chi connectivity index (χ0) is 21.7. The van der Waals surface area contributed by atoms with Crippen LogP contribution < -0.4 is 14.9 Å². The number of hydrogen-bond donors (Lipinski definition) is 1. The van der Waals surface area contributed by atoms with E-state index in [0.29, 0.717) is 27.9 Å². The molecule has 0 aliphatic heterocycles. The summed E-state index contributed by atoms with van der Waals surface area (Å²) in [4.78, 5) is 4.70. The first-order chi connectivity index (χ1) is 14.4. The molecule has 0 saturated carbocycles. The number of anilines is 1. The highest BCUT2D eigenvalue weighted by molar-refractivity contribution is 7.89. The van der Waals surface area contributed by atoms with Crippen molar-refractivity contribution in [3.8, 4) is 22.8 Å². The van der Waals surface area contributed by atoms with Crippen LogP contribution in [0.1, 0.15) is 5.56 Å². The molecule has 0 fully saturated rings. The van der Waals surface area contributed by atoms with Gasteiger partial charge < -0.3 is 9.47 Å². The van der Waals surface area contributed by atoms with Gasteiger partial charge in [-0.1, -0.05) is 18.2 Å². The number of para-hydroxylation sites is 1. The van der Waals surface area contributed by atoms with Crippen LogP contribution >= 0.6 is 11.3 Å². The van der Waals surface area contributed by atoms with Gasteiger partial charge in [0.05, 0.1) is 31.0 Å². The normalized spacial score (nSPS) is 11.8. The van der Waals surface area contributed by atoms with Crippen LogP contribution in [0.15, 0.2) is 57.8 Å². The third-order valence-electron chi connectivity index (χ3n) is 4.21. The molecule has 0 spiro atoms. The molecule has 158 valence electrons. The fourth-order valence-electron chi connectivity index (χ4n) is 2.66. The molecule has 30 heavy (non-hydrogen) atoms. The lowest BCUT2D eigenvalue weighted by Crippen LogP contribution is -2.22. The number of methoxy groups -OCH3 is 2. The number of hydrazone groups is 1. The lowest BCUT2D eigenvalue weighted by atomic mass is 10.2. The Morgan fingerprint density at radius 3 is 2.60 bits per heavy atom. The number of sulfonamides is 1. The minimum Gasteiger partial charge on any atom is -0.493 e. The van der Waals surface area contributed by atoms with Crippen molar-refractivity contribution < 1.29 is 17.9 Å². The maximum Gasteiger partial charge on any atom is 0.242 e. The van der Waals surface area contributed by atoms with Gasteiger partial charge in [0.1, 0.15) is 0 Å². The molecule has 8 nitrogen and oxygen atoms in total. The third-order valence-corrected chi connectivity index (χ3v) is 6.77. The highest BCUT2D eigenvalue weighted by Crippen LogP contribution is 2.30. The van der Waals surface area contributed by atoms with Crippen molar-refractivity contribution in [3.63, 3.8) is 0 Å². The van der Waals surface area contributed by atoms with Crippen LogP contribution in [0.5, 0.6) is 11.5 Å². The lowest BCUT2D eigenvalue weighted by Gasteiger charge is -2.11. The predicted octanol–water partition coefficient (Wildman–Crippen LogP) is 3.52. The van der Waals surface area contributed by atoms with Crippen molar-refractivity contribution in [3.05, 3.63) is 53.4 Å². The summed E-state index contributed by atoms with van der Waals surface area (Å²) in [6.07, 6.45) is 1.62. The molecular formula is C20H22N4O4S2. The fourth-order valence-corrected chi connectivity index (χ4v) is 4.27. The number of aromatic nitrogens is 1. The number of ether oxygens (including phenoxy) is 2. The summed E-state index contributed by atoms with van der Waals surface area (Å²) in [6.45, 7) is 0. The smallest absolute Gasteiger partial charge is 0.242 e. The van der Waals surface area contributed by atoms with Crippen molar-refractivity contribution >= 4 is 32.7 Å². The minimum absolute atomic E-state index is 0.218. The molecular weight excluding hydrogens is 424 g/mol. The van der Waals surface area contributed by atoms with E-state index in [0.717, 1.165) is 5.56 Å². The number of benzene rings is 2. The van der Waals surface area contributed by atoms with Crippen LogP contribution in [-0.2, 0) is 10.0 Å². The second kappa shape index (κ2) is 9.24. The predicted molar refractivity (Wildman–Crippen MR) is 119 cm³/mol. The Morgan fingerprint density at radius 1 is 1.13 bits per heavy atom. The van der Waals surface area contributed by atoms with Crippen LogP contribution in [-0.4, -0.2) is 52.2 Å². The highest BCUT2D eigenvalue weighted by Gasteiger charge is 2.18. The molecule has 0 unspecified atom stereocenters. The first kappa shape index (κ1) is 21.8. The second-order valence-electron chi connectivity index (χ2n) is 6.31. The van der Waals surface area contributed by atoms with Crippen LogP contribution in [0, 0.1) is 0 Å². The van der Waals surface area contributed by atoms with Gasteiger partial charge in [-0.2, -0.15) is 5.10 Å². The molecule has 1 aromatic heterocycles. The summed E-state index contributed by atoms with van der Waals surface area (Å²) >= 11 is 1.37. The van der Waals surface area contributed by atoms with Crippen LogP contribution in [0.2, 0.25) is 0 Å². The van der Waals surface area contributed by atoms with Gasteiger partial charge in [0.15, 0.2) is 11.5 Å². The van der Waals surface area contributed by atoms with E-state index in [-0.39, 0.29) is 4.90 Å². The number of hydrogen-bond acceptors (Lipinski definition) is 8. The monoisotopic (exact) mass is 446 g/mol. The maximum atomic E-state index is 12.4. The van der Waals surface area contributed by atoms with Gasteiger partial charge in [0, 0.05) is 30.6 Å². The number of nitrogens with zero attached hydrogens (tertiary/aromatic N) is 3. The Kier molecular flexibility index (Phi) is 6.70. The van der Waals surface area contributed by atoms with Gasteiger partial charge in [-0.05, 0) is 24.3 Å². The SMILES string of the molecule is COc1cccc(/C=N/Nc2nc(-c3cccc(S(=O)(=O)N(C)C)c3)cs2)c1OC. The molecule has 3 aromatic rings. The van der Waals surface area contributed by atoms with Crippen LogP contribution in [0.3, 0.4) is 0 Å². The Labute approximate surface area is 179 Å². The van der Waals surface area contributed by atoms with Crippen LogP contribution in [0.4, 0.5) is 5.13 Å². The standard InChI is InChI=1S/C20H22N4O4S2/c1-24(2)30(25,26)16-9-5-7-14(11-16)17-13-29-20(22-17)23-21-12-15-8-6-10-18(27-3)19(15)28-4/h5-13H,1-4H3,(H,22,23)/b21-12+. The molecule has 1 heterocycles. The zero-order valence-corrected chi connectivity index (χ0v) is 18.6. The largest absolute Gasteiger partial charge is 0.493 e. The summed E-state index contributed by atoms with van der Waals surface area (Å²) < 4.78 is 36.5. The van der Waals surface area contributed by atoms with Crippen LogP contribution in [0.25, 0.3) is 11.3 Å². The van der Waals surface area contributed by atoms with Gasteiger partial charge in [0.2, 0.25) is 15.2 Å². The van der Waals surface area contributed by atoms with E-state index in [1.165, 1.54) is 29.7 Å². The van der Waals surface area contributed by atoms with Gasteiger partial charge in [0.25, 0.3) is 0 Å². The minimum atomic E-state index is -3.51. The van der Waals surface area contributed by atoms with Crippen molar-refractivity contribution in [2.75, 3.05) is 33.7 Å². The van der Waals surface area contributed by atoms with Gasteiger partial charge in [-0.25, -0.2) is 17.7 Å². The first-order valence-corrected chi connectivity index (χ1v) is 11.2. The summed E-state index contributed by atoms with van der Waals surface area (Å²) in [5.74, 6) is 1.20. The van der Waals surface area contributed by atoms with E-state index in [4.69, 9.17) is 9.47 Å². The van der Waals surface area contributed by atoms with E-state index in [2.05, 4.69) is 15.5 Å². The van der Waals surface area contributed by atoms with E-state index in [9.17, 15) is 8.42 Å². The first-order valence-electron chi connectivity index (χ1n) is 8.85. The average molecular weight is 447 g/mol. The van der Waals surface area contributed by atoms with E-state index < -0.39 is 10.0 Å². The van der Waals surface area contributed by atoms with E-state index in [1.54, 1.807) is 44.7 Å². The molecule has 0 bridgehead atoms. The van der Waals surface area contributed by atoms with Gasteiger partial charge in [-0.15, -0.1) is 11.3 Å². The number of thiazole rings is 1. The lowest BCUT2D eigenvalue weighted by molar-refractivity contribution is 0.354. The molecule has 10 heteroatoms. The van der Waals surface area contributed by atoms with E-state index >= 15 is 0 Å². The average Bonchev–Trinajstić information content (AvgIpc) is 3.22. The van der Waals surface area contributed by atoms with Crippen molar-refractivity contribution in [1.29, 1.82) is 0 Å². The molecule has 2 aromatic carbocycles. The van der Waals surface area contributed by atoms with Crippen molar-refractivity contribution in [2.45, 2.75) is 4.90 Å². The Morgan fingerprint density at radius 2 is 1.90 bits per heavy atom. The molecule has 0 aliphatic rings. The molecule has 3 rings (SSSR count). The third kappa shape index (κ3) is 4.61. The van der Waals surface area contributed by atoms with Crippen molar-refractivity contribution in [2.24, 2.45) is 5.10 Å². The highest BCUT2D eigenvalue weighted by atomic mass is 32.2. The van der Waals surface area contributed by atoms with E-state index in [1.807, 2.05) is 23.6 Å². The Bertz CT molecular complexity index is 1160. The topological polar surface area (TPSA) is 93.1 Å². The summed E-state index contributed by atoms with van der Waals surface area (Å²) in [6, 6.07) is 12.2. The second-order valence-corrected chi connectivity index (χ2v) is 9.32. The molecule has 1 N–H and O–H groups in total. The quantitative estimate of drug-likeness (QED) is 0.420. The molecule has 0 radical (unpaired) electrons. The summed E-state index contributed by atoms with van der Waals surface area (Å²) in [5, 5.41) is 6.63. The fraction of sp³-hybridized carbons (Fsp3) is 0.200. The summed E-state index contributed by atoms with van der Waals surface area (Å²) in [5.41, 5.74) is 5.01. The van der Waals surface area contributed by atoms with Gasteiger partial charge in [-0.3, -0.25) is 5.43 Å². The number of nitrogens with one attached hydrogen (secondary N) is 1. The molecule has 0 saturated heterocycles. The maximum absolute atomic E-state index is 12.4. The molecule has 0 atom stereocenters. The zero-order valence-electron chi connectivity index (χ0n) is 17.0. The molecule has 0 amide bonds.